The van der Waals surface area contributed by atoms with Crippen molar-refractivity contribution in [2.45, 2.75) is 22.4 Å². The molecule has 3 heterocycles. The van der Waals surface area contributed by atoms with E-state index >= 15 is 0 Å². The van der Waals surface area contributed by atoms with Crippen LogP contribution < -0.4 is 14.4 Å². The molecule has 1 aliphatic rings. The molecule has 1 fully saturated rings. The van der Waals surface area contributed by atoms with Crippen molar-refractivity contribution in [3.63, 3.8) is 0 Å². The minimum atomic E-state index is -3.83. The molecule has 2 aromatic carbocycles. The van der Waals surface area contributed by atoms with Gasteiger partial charge in [0, 0.05) is 27.6 Å². The van der Waals surface area contributed by atoms with Gasteiger partial charge in [0.1, 0.15) is 11.1 Å². The molecule has 1 amide bonds. The average Bonchev–Trinajstić information content (AvgIpc) is 3.61. The second kappa shape index (κ2) is 10.1. The Morgan fingerprint density at radius 3 is 2.58 bits per heavy atom. The number of rotatable bonds is 7. The minimum Gasteiger partial charge on any atom is -0.495 e. The first-order valence-corrected chi connectivity index (χ1v) is 15.3. The molecule has 12 heteroatoms. The van der Waals surface area contributed by atoms with Gasteiger partial charge in [-0.3, -0.25) is 14.4 Å². The van der Waals surface area contributed by atoms with Gasteiger partial charge in [0.15, 0.2) is 5.13 Å². The monoisotopic (exact) mass is 577 g/mol. The number of carbonyl (C=O) groups excluding carboxylic acids is 1. The second-order valence-electron chi connectivity index (χ2n) is 7.85. The van der Waals surface area contributed by atoms with Crippen LogP contribution in [0.3, 0.4) is 0 Å². The number of halogens is 1. The van der Waals surface area contributed by atoms with Gasteiger partial charge in [0.05, 0.1) is 28.0 Å². The molecule has 0 bridgehead atoms. The number of carbonyl (C=O) groups is 1. The van der Waals surface area contributed by atoms with E-state index in [-0.39, 0.29) is 27.2 Å². The number of anilines is 2. The van der Waals surface area contributed by atoms with Crippen molar-refractivity contribution in [2.24, 2.45) is 0 Å². The normalized spacial score (nSPS) is 18.0. The molecule has 0 saturated carbocycles. The Morgan fingerprint density at radius 2 is 1.89 bits per heavy atom. The maximum Gasteiger partial charge on any atom is 0.262 e. The molecule has 0 radical (unpaired) electrons. The number of aromatic nitrogens is 1. The number of methoxy groups -OCH3 is 1. The lowest BCUT2D eigenvalue weighted by molar-refractivity contribution is -0.117. The molecule has 7 nitrogen and oxygen atoms in total. The molecule has 186 valence electrons. The molecule has 2 unspecified atom stereocenters. The zero-order valence-corrected chi connectivity index (χ0v) is 23.1. The third-order valence-electron chi connectivity index (χ3n) is 5.50. The molecule has 0 aliphatic carbocycles. The van der Waals surface area contributed by atoms with Crippen LogP contribution in [0.5, 0.6) is 5.75 Å². The van der Waals surface area contributed by atoms with Crippen LogP contribution in [-0.4, -0.2) is 31.7 Å². The molecule has 2 atom stereocenters. The maximum atomic E-state index is 12.9. The summed E-state index contributed by atoms with van der Waals surface area (Å²) in [5.41, 5.74) is 1.93. The molecule has 5 rings (SSSR count). The summed E-state index contributed by atoms with van der Waals surface area (Å²) in [7, 11) is -2.41. The number of thioether (sulfide) groups is 1. The number of amides is 1. The first kappa shape index (κ1) is 25.1. The molecule has 1 N–H and O–H groups in total. The summed E-state index contributed by atoms with van der Waals surface area (Å²) < 4.78 is 33.3. The van der Waals surface area contributed by atoms with E-state index in [1.54, 1.807) is 52.3 Å². The summed E-state index contributed by atoms with van der Waals surface area (Å²) in [6.07, 6.45) is 0. The topological polar surface area (TPSA) is 88.6 Å². The van der Waals surface area contributed by atoms with Gasteiger partial charge in [-0.1, -0.05) is 29.8 Å². The van der Waals surface area contributed by atoms with Crippen LogP contribution in [0.2, 0.25) is 5.02 Å². The van der Waals surface area contributed by atoms with E-state index in [0.717, 1.165) is 10.4 Å². The standard InChI is InChI=1S/C24H20ClN3O4S4/c1-14-22(29)28(23(35-14)21-4-3-11-33-21)24-26-19(13-34-24)15-5-7-16(8-6-15)27-36(30,31)17-9-10-18(25)20(12-17)32-2/h3-14,23,27H,1-2H3. The molecule has 4 aromatic rings. The number of hydrogen-bond acceptors (Lipinski definition) is 8. The molecule has 2 aromatic heterocycles. The molecular formula is C24H20ClN3O4S4. The van der Waals surface area contributed by atoms with Crippen molar-refractivity contribution < 1.29 is 17.9 Å². The highest BCUT2D eigenvalue weighted by molar-refractivity contribution is 8.01. The largest absolute Gasteiger partial charge is 0.495 e. The third-order valence-corrected chi connectivity index (χ3v) is 10.4. The van der Waals surface area contributed by atoms with Crippen molar-refractivity contribution in [2.75, 3.05) is 16.7 Å². The highest BCUT2D eigenvalue weighted by atomic mass is 35.5. The van der Waals surface area contributed by atoms with Gasteiger partial charge >= 0.3 is 0 Å². The number of nitrogens with one attached hydrogen (secondary N) is 1. The lowest BCUT2D eigenvalue weighted by Gasteiger charge is -2.19. The number of thiophene rings is 1. The van der Waals surface area contributed by atoms with Crippen molar-refractivity contribution >= 4 is 72.8 Å². The lowest BCUT2D eigenvalue weighted by Crippen LogP contribution is -2.29. The van der Waals surface area contributed by atoms with Crippen molar-refractivity contribution in [3.8, 4) is 17.0 Å². The fraction of sp³-hybridized carbons (Fsp3) is 0.167. The first-order valence-electron chi connectivity index (χ1n) is 10.7. The van der Waals surface area contributed by atoms with E-state index in [4.69, 9.17) is 21.3 Å². The Morgan fingerprint density at radius 1 is 1.11 bits per heavy atom. The van der Waals surface area contributed by atoms with E-state index in [2.05, 4.69) is 4.72 Å². The number of nitrogens with zero attached hydrogens (tertiary/aromatic N) is 2. The Kier molecular flexibility index (Phi) is 7.01. The van der Waals surface area contributed by atoms with Gasteiger partial charge < -0.3 is 4.74 Å². The van der Waals surface area contributed by atoms with Crippen LogP contribution in [0, 0.1) is 0 Å². The first-order chi connectivity index (χ1) is 17.3. The summed E-state index contributed by atoms with van der Waals surface area (Å²) in [6, 6.07) is 15.2. The summed E-state index contributed by atoms with van der Waals surface area (Å²) >= 11 is 10.7. The highest BCUT2D eigenvalue weighted by Gasteiger charge is 2.41. The second-order valence-corrected chi connectivity index (χ2v) is 13.2. The molecular weight excluding hydrogens is 558 g/mol. The van der Waals surface area contributed by atoms with Crippen LogP contribution in [0.25, 0.3) is 11.3 Å². The zero-order valence-electron chi connectivity index (χ0n) is 19.0. The van der Waals surface area contributed by atoms with Gasteiger partial charge in [-0.25, -0.2) is 13.4 Å². The van der Waals surface area contributed by atoms with Gasteiger partial charge in [0.2, 0.25) is 5.91 Å². The molecule has 1 saturated heterocycles. The Bertz CT molecular complexity index is 1500. The van der Waals surface area contributed by atoms with E-state index in [1.165, 1.54) is 36.6 Å². The SMILES string of the molecule is COc1cc(S(=O)(=O)Nc2ccc(-c3csc(N4C(=O)C(C)SC4c4cccs4)n3)cc2)ccc1Cl. The predicted molar refractivity (Wildman–Crippen MR) is 148 cm³/mol. The molecule has 0 spiro atoms. The molecule has 36 heavy (non-hydrogen) atoms. The van der Waals surface area contributed by atoms with Crippen molar-refractivity contribution in [1.29, 1.82) is 0 Å². The number of sulfonamides is 1. The Labute approximate surface area is 226 Å². The minimum absolute atomic E-state index is 0.0413. The highest BCUT2D eigenvalue weighted by Crippen LogP contribution is 2.47. The smallest absolute Gasteiger partial charge is 0.262 e. The lowest BCUT2D eigenvalue weighted by atomic mass is 10.1. The fourth-order valence-electron chi connectivity index (χ4n) is 3.68. The quantitative estimate of drug-likeness (QED) is 0.270. The van der Waals surface area contributed by atoms with Gasteiger partial charge in [-0.05, 0) is 42.6 Å². The summed E-state index contributed by atoms with van der Waals surface area (Å²) in [6.45, 7) is 1.92. The van der Waals surface area contributed by atoms with Crippen LogP contribution in [0.4, 0.5) is 10.8 Å². The number of thiazole rings is 1. The maximum absolute atomic E-state index is 12.9. The molecule has 1 aliphatic heterocycles. The van der Waals surface area contributed by atoms with E-state index in [9.17, 15) is 13.2 Å². The van der Waals surface area contributed by atoms with Crippen LogP contribution in [-0.2, 0) is 14.8 Å². The van der Waals surface area contributed by atoms with E-state index in [0.29, 0.717) is 21.5 Å². The van der Waals surface area contributed by atoms with Gasteiger partial charge in [-0.2, -0.15) is 0 Å². The van der Waals surface area contributed by atoms with Crippen molar-refractivity contribution in [1.82, 2.24) is 4.98 Å². The Balaban J connectivity index is 1.35. The fourth-order valence-corrected chi connectivity index (χ4v) is 8.06. The van der Waals surface area contributed by atoms with E-state index < -0.39 is 10.0 Å². The van der Waals surface area contributed by atoms with Crippen molar-refractivity contribution in [3.05, 3.63) is 75.3 Å². The number of hydrogen-bond donors (Lipinski definition) is 1. The third kappa shape index (κ3) is 4.85. The summed E-state index contributed by atoms with van der Waals surface area (Å²) in [5, 5.41) is 4.65. The van der Waals surface area contributed by atoms with Gasteiger partial charge in [-0.15, -0.1) is 34.4 Å². The Hall–Kier alpha value is -2.57. The summed E-state index contributed by atoms with van der Waals surface area (Å²) in [4.78, 5) is 20.6. The van der Waals surface area contributed by atoms with Crippen LogP contribution in [0.1, 0.15) is 17.2 Å². The van der Waals surface area contributed by atoms with Crippen LogP contribution in [0.15, 0.2) is 70.3 Å². The predicted octanol–water partition coefficient (Wildman–Crippen LogP) is 6.50. The summed E-state index contributed by atoms with van der Waals surface area (Å²) in [5.74, 6) is 0.322. The average molecular weight is 578 g/mol. The van der Waals surface area contributed by atoms with Crippen LogP contribution >= 0.6 is 46.0 Å². The van der Waals surface area contributed by atoms with E-state index in [1.807, 2.05) is 29.8 Å². The van der Waals surface area contributed by atoms with Gasteiger partial charge in [0.25, 0.3) is 10.0 Å². The number of ether oxygens (including phenoxy) is 1. The number of benzene rings is 2. The zero-order chi connectivity index (χ0) is 25.4.